The van der Waals surface area contributed by atoms with Gasteiger partial charge < -0.3 is 10.2 Å². The van der Waals surface area contributed by atoms with Gasteiger partial charge in [-0.25, -0.2) is 0 Å². The van der Waals surface area contributed by atoms with E-state index in [-0.39, 0.29) is 23.0 Å². The van der Waals surface area contributed by atoms with Crippen LogP contribution in [-0.4, -0.2) is 28.2 Å². The maximum absolute atomic E-state index is 13.1. The molecule has 4 aliphatic carbocycles. The van der Waals surface area contributed by atoms with E-state index >= 15 is 0 Å². The second kappa shape index (κ2) is 8.13. The Labute approximate surface area is 189 Å². The Morgan fingerprint density at radius 1 is 1.10 bits per heavy atom. The fraction of sp³-hybridized carbons (Fsp3) is 0.821. The van der Waals surface area contributed by atoms with Crippen LogP contribution in [0.25, 0.3) is 0 Å². The fourth-order valence-corrected chi connectivity index (χ4v) is 8.46. The number of aliphatic hydroxyl groups is 2. The summed E-state index contributed by atoms with van der Waals surface area (Å²) in [5.74, 6) is 3.44. The third kappa shape index (κ3) is 3.50. The van der Waals surface area contributed by atoms with Gasteiger partial charge in [-0.2, -0.15) is 0 Å². The SMILES string of the molecule is CC(C)C(C)CCC(C)[C@H]1CCC2[C@@H]3C[C@@H](O)C4=CC=CC(=O)[C@]4(C)C3C(O)C[C@@]21C. The van der Waals surface area contributed by atoms with Crippen LogP contribution in [0.2, 0.25) is 0 Å². The van der Waals surface area contributed by atoms with Crippen molar-refractivity contribution in [1.29, 1.82) is 0 Å². The first-order chi connectivity index (χ1) is 14.5. The van der Waals surface area contributed by atoms with E-state index in [0.717, 1.165) is 23.8 Å². The molecule has 4 rings (SSSR count). The molecule has 0 radical (unpaired) electrons. The molecule has 0 spiro atoms. The van der Waals surface area contributed by atoms with Gasteiger partial charge in [0.05, 0.1) is 17.6 Å². The van der Waals surface area contributed by atoms with E-state index in [9.17, 15) is 15.0 Å². The minimum absolute atomic E-state index is 0.0620. The Balaban J connectivity index is 1.59. The molecule has 0 heterocycles. The Bertz CT molecular complexity index is 766. The van der Waals surface area contributed by atoms with Gasteiger partial charge >= 0.3 is 0 Å². The van der Waals surface area contributed by atoms with Crippen molar-refractivity contribution in [3.63, 3.8) is 0 Å². The summed E-state index contributed by atoms with van der Waals surface area (Å²) in [5.41, 5.74) is 0.176. The summed E-state index contributed by atoms with van der Waals surface area (Å²) >= 11 is 0. The van der Waals surface area contributed by atoms with E-state index in [2.05, 4.69) is 34.6 Å². The third-order valence-corrected chi connectivity index (χ3v) is 10.6. The first-order valence-electron chi connectivity index (χ1n) is 12.8. The topological polar surface area (TPSA) is 57.5 Å². The molecule has 31 heavy (non-hydrogen) atoms. The van der Waals surface area contributed by atoms with Crippen molar-refractivity contribution in [1.82, 2.24) is 0 Å². The molecule has 3 nitrogen and oxygen atoms in total. The standard InChI is InChI=1S/C28H44O3/c1-16(2)17(3)10-11-18(4)20-12-13-21-19-14-23(29)22-8-7-9-25(31)28(22,6)26(19)24(30)15-27(20,21)5/h7-9,16-21,23-24,26,29-30H,10-15H2,1-6H3/t17?,18?,19-,20+,21?,23+,24?,26?,27+,28+/m0/s1. The van der Waals surface area contributed by atoms with Crippen LogP contribution in [0.15, 0.2) is 23.8 Å². The monoisotopic (exact) mass is 428 g/mol. The van der Waals surface area contributed by atoms with Crippen LogP contribution in [0.5, 0.6) is 0 Å². The fourth-order valence-electron chi connectivity index (χ4n) is 8.46. The van der Waals surface area contributed by atoms with E-state index < -0.39 is 17.6 Å². The molecule has 2 N–H and O–H groups in total. The molecule has 0 saturated heterocycles. The lowest BCUT2D eigenvalue weighted by atomic mass is 9.45. The molecule has 5 unspecified atom stereocenters. The number of fused-ring (bicyclic) bond motifs is 5. The highest BCUT2D eigenvalue weighted by molar-refractivity contribution is 5.99. The van der Waals surface area contributed by atoms with Crippen molar-refractivity contribution in [2.24, 2.45) is 52.3 Å². The second-order valence-electron chi connectivity index (χ2n) is 12.3. The summed E-state index contributed by atoms with van der Waals surface area (Å²) in [7, 11) is 0. The zero-order valence-electron chi connectivity index (χ0n) is 20.5. The third-order valence-electron chi connectivity index (χ3n) is 10.6. The highest BCUT2D eigenvalue weighted by Crippen LogP contribution is 2.67. The van der Waals surface area contributed by atoms with Crippen LogP contribution < -0.4 is 0 Å². The van der Waals surface area contributed by atoms with Crippen LogP contribution >= 0.6 is 0 Å². The summed E-state index contributed by atoms with van der Waals surface area (Å²) in [6, 6.07) is 0. The van der Waals surface area contributed by atoms with Gasteiger partial charge in [0.2, 0.25) is 0 Å². The van der Waals surface area contributed by atoms with Crippen molar-refractivity contribution < 1.29 is 15.0 Å². The van der Waals surface area contributed by atoms with Gasteiger partial charge in [0.25, 0.3) is 0 Å². The van der Waals surface area contributed by atoms with E-state index in [1.807, 2.05) is 13.0 Å². The number of hydrogen-bond acceptors (Lipinski definition) is 3. The van der Waals surface area contributed by atoms with E-state index in [1.165, 1.54) is 25.7 Å². The summed E-state index contributed by atoms with van der Waals surface area (Å²) in [6.45, 7) is 13.8. The van der Waals surface area contributed by atoms with Gasteiger partial charge in [-0.05, 0) is 85.2 Å². The van der Waals surface area contributed by atoms with Crippen molar-refractivity contribution in [3.05, 3.63) is 23.8 Å². The van der Waals surface area contributed by atoms with Gasteiger partial charge in [-0.3, -0.25) is 4.79 Å². The first kappa shape index (κ1) is 23.2. The average molecular weight is 429 g/mol. The first-order valence-corrected chi connectivity index (χ1v) is 12.8. The number of rotatable bonds is 5. The van der Waals surface area contributed by atoms with E-state index in [4.69, 9.17) is 0 Å². The summed E-state index contributed by atoms with van der Waals surface area (Å²) < 4.78 is 0. The molecule has 0 aromatic carbocycles. The van der Waals surface area contributed by atoms with E-state index in [0.29, 0.717) is 24.2 Å². The molecular weight excluding hydrogens is 384 g/mol. The number of ketones is 1. The largest absolute Gasteiger partial charge is 0.393 e. The molecule has 0 aliphatic heterocycles. The molecule has 0 bridgehead atoms. The Morgan fingerprint density at radius 2 is 1.81 bits per heavy atom. The molecule has 0 amide bonds. The number of carbonyl (C=O) groups excluding carboxylic acids is 1. The van der Waals surface area contributed by atoms with Crippen molar-refractivity contribution >= 4 is 5.78 Å². The highest BCUT2D eigenvalue weighted by atomic mass is 16.3. The number of aliphatic hydroxyl groups excluding tert-OH is 2. The Kier molecular flexibility index (Phi) is 6.10. The maximum atomic E-state index is 13.1. The molecule has 10 atom stereocenters. The smallest absolute Gasteiger partial charge is 0.166 e. The van der Waals surface area contributed by atoms with Crippen molar-refractivity contribution in [2.75, 3.05) is 0 Å². The van der Waals surface area contributed by atoms with Gasteiger partial charge in [0, 0.05) is 5.92 Å². The number of hydrogen-bond donors (Lipinski definition) is 2. The molecule has 4 aliphatic rings. The summed E-state index contributed by atoms with van der Waals surface area (Å²) in [4.78, 5) is 13.1. The minimum atomic E-state index is -0.756. The zero-order valence-corrected chi connectivity index (χ0v) is 20.5. The van der Waals surface area contributed by atoms with Gasteiger partial charge in [-0.1, -0.05) is 59.6 Å². The lowest BCUT2D eigenvalue weighted by Crippen LogP contribution is -2.60. The quantitative estimate of drug-likeness (QED) is 0.603. The molecule has 3 saturated carbocycles. The zero-order chi connectivity index (χ0) is 22.7. The molecule has 0 aromatic heterocycles. The number of allylic oxidation sites excluding steroid dienone is 3. The lowest BCUT2D eigenvalue weighted by molar-refractivity contribution is -0.158. The summed E-state index contributed by atoms with van der Waals surface area (Å²) in [6.07, 6.45) is 10.7. The second-order valence-corrected chi connectivity index (χ2v) is 12.3. The van der Waals surface area contributed by atoms with Gasteiger partial charge in [-0.15, -0.1) is 0 Å². The molecule has 3 heteroatoms. The van der Waals surface area contributed by atoms with Gasteiger partial charge in [0.1, 0.15) is 0 Å². The number of carbonyl (C=O) groups is 1. The normalized spacial score (nSPS) is 46.2. The van der Waals surface area contributed by atoms with Crippen LogP contribution in [0, 0.1) is 52.3 Å². The predicted molar refractivity (Wildman–Crippen MR) is 125 cm³/mol. The molecule has 174 valence electrons. The van der Waals surface area contributed by atoms with Crippen LogP contribution in [0.4, 0.5) is 0 Å². The van der Waals surface area contributed by atoms with Gasteiger partial charge in [0.15, 0.2) is 5.78 Å². The Morgan fingerprint density at radius 3 is 2.48 bits per heavy atom. The van der Waals surface area contributed by atoms with Crippen LogP contribution in [0.1, 0.15) is 80.1 Å². The van der Waals surface area contributed by atoms with Crippen molar-refractivity contribution in [3.8, 4) is 0 Å². The highest BCUT2D eigenvalue weighted by Gasteiger charge is 2.65. The minimum Gasteiger partial charge on any atom is -0.393 e. The maximum Gasteiger partial charge on any atom is 0.166 e. The van der Waals surface area contributed by atoms with Crippen molar-refractivity contribution in [2.45, 2.75) is 92.3 Å². The lowest BCUT2D eigenvalue weighted by Gasteiger charge is -2.60. The summed E-state index contributed by atoms with van der Waals surface area (Å²) in [5, 5.41) is 22.6. The Hall–Kier alpha value is -0.930. The van der Waals surface area contributed by atoms with E-state index in [1.54, 1.807) is 12.2 Å². The van der Waals surface area contributed by atoms with Crippen LogP contribution in [-0.2, 0) is 4.79 Å². The molecule has 0 aromatic rings. The molecule has 3 fully saturated rings. The predicted octanol–water partition coefficient (Wildman–Crippen LogP) is 5.56. The van der Waals surface area contributed by atoms with Crippen LogP contribution in [0.3, 0.4) is 0 Å². The molecular formula is C28H44O3. The average Bonchev–Trinajstić information content (AvgIpc) is 3.03.